The van der Waals surface area contributed by atoms with Crippen molar-refractivity contribution in [3.05, 3.63) is 221 Å². The third-order valence-electron chi connectivity index (χ3n) is 8.16. The van der Waals surface area contributed by atoms with E-state index in [-0.39, 0.29) is 0 Å². The smallest absolute Gasteiger partial charge is 0.134 e. The van der Waals surface area contributed by atoms with Gasteiger partial charge in [-0.2, -0.15) is 0 Å². The number of aromatic nitrogens is 2. The van der Waals surface area contributed by atoms with Crippen molar-refractivity contribution in [1.29, 1.82) is 0 Å². The summed E-state index contributed by atoms with van der Waals surface area (Å²) in [5.41, 5.74) is 11.2. The minimum absolute atomic E-state index is 0.673. The van der Waals surface area contributed by atoms with E-state index in [1.165, 1.54) is 5.56 Å². The molecule has 0 aliphatic carbocycles. The minimum Gasteiger partial charge on any atom is -0.320 e. The molecule has 2 heteroatoms. The summed E-state index contributed by atoms with van der Waals surface area (Å²) < 4.78 is 2.37. The minimum atomic E-state index is 0.673. The second kappa shape index (κ2) is 13.8. The zero-order valence-electron chi connectivity index (χ0n) is 25.6. The zero-order chi connectivity index (χ0) is 31.0. The highest BCUT2D eigenvalue weighted by Crippen LogP contribution is 2.34. The molecule has 0 saturated carbocycles. The maximum absolute atomic E-state index is 5.45. The van der Waals surface area contributed by atoms with Gasteiger partial charge in [-0.25, -0.2) is 4.98 Å². The topological polar surface area (TPSA) is 17.8 Å². The van der Waals surface area contributed by atoms with Crippen LogP contribution in [0, 0.1) is 0 Å². The van der Waals surface area contributed by atoms with Crippen molar-refractivity contribution in [2.45, 2.75) is 6.54 Å². The zero-order valence-corrected chi connectivity index (χ0v) is 25.6. The van der Waals surface area contributed by atoms with Crippen molar-refractivity contribution in [2.24, 2.45) is 0 Å². The van der Waals surface area contributed by atoms with Gasteiger partial charge in [-0.3, -0.25) is 0 Å². The number of rotatable bonds is 9. The van der Waals surface area contributed by atoms with Crippen molar-refractivity contribution in [3.8, 4) is 11.3 Å². The molecule has 0 fully saturated rings. The average Bonchev–Trinajstić information content (AvgIpc) is 3.47. The SMILES string of the molecule is C(=C(c1ccccc1)c1ccccc1)c1nc(-c2ccccc2)c(C=C(c2ccccc2)c2ccccc2)n1Cc1ccccc1. The molecule has 46 heavy (non-hydrogen) atoms. The first-order chi connectivity index (χ1) is 22.8. The molecule has 220 valence electrons. The standard InChI is InChI=1S/C44H34N2/c1-7-19-34(20-8-1)33-46-42(31-40(35-21-9-2-10-22-35)36-23-11-3-12-24-36)44(39-29-17-6-18-30-39)45-43(46)32-41(37-25-13-4-14-26-37)38-27-15-5-16-28-38/h1-32H,33H2. The summed E-state index contributed by atoms with van der Waals surface area (Å²) in [6, 6.07) is 63.7. The predicted molar refractivity (Wildman–Crippen MR) is 193 cm³/mol. The van der Waals surface area contributed by atoms with Gasteiger partial charge in [0.1, 0.15) is 5.82 Å². The van der Waals surface area contributed by atoms with Crippen LogP contribution in [0.5, 0.6) is 0 Å². The molecule has 6 aromatic carbocycles. The Hall–Kier alpha value is -5.99. The van der Waals surface area contributed by atoms with Crippen LogP contribution in [0.2, 0.25) is 0 Å². The normalized spacial score (nSPS) is 10.7. The van der Waals surface area contributed by atoms with E-state index in [2.05, 4.69) is 199 Å². The van der Waals surface area contributed by atoms with Gasteiger partial charge in [0.25, 0.3) is 0 Å². The quantitative estimate of drug-likeness (QED) is 0.164. The summed E-state index contributed by atoms with van der Waals surface area (Å²) in [7, 11) is 0. The third-order valence-corrected chi connectivity index (χ3v) is 8.16. The molecule has 0 N–H and O–H groups in total. The maximum Gasteiger partial charge on any atom is 0.134 e. The van der Waals surface area contributed by atoms with Gasteiger partial charge in [0.2, 0.25) is 0 Å². The highest BCUT2D eigenvalue weighted by molar-refractivity contribution is 5.95. The molecule has 0 atom stereocenters. The van der Waals surface area contributed by atoms with E-state index in [0.29, 0.717) is 6.54 Å². The Labute approximate surface area is 271 Å². The molecule has 0 saturated heterocycles. The van der Waals surface area contributed by atoms with Crippen LogP contribution in [-0.2, 0) is 6.54 Å². The van der Waals surface area contributed by atoms with Gasteiger partial charge in [-0.1, -0.05) is 182 Å². The molecule has 0 bridgehead atoms. The molecule has 7 rings (SSSR count). The fraction of sp³-hybridized carbons (Fsp3) is 0.0227. The number of hydrogen-bond acceptors (Lipinski definition) is 1. The molecule has 1 heterocycles. The molecule has 0 unspecified atom stereocenters. The van der Waals surface area contributed by atoms with Gasteiger partial charge in [0, 0.05) is 12.1 Å². The van der Waals surface area contributed by atoms with Crippen molar-refractivity contribution in [3.63, 3.8) is 0 Å². The van der Waals surface area contributed by atoms with E-state index >= 15 is 0 Å². The molecule has 7 aromatic rings. The first-order valence-corrected chi connectivity index (χ1v) is 15.7. The molecule has 1 aromatic heterocycles. The molecule has 0 spiro atoms. The van der Waals surface area contributed by atoms with E-state index in [1.807, 2.05) is 0 Å². The maximum atomic E-state index is 5.45. The average molecular weight is 591 g/mol. The largest absolute Gasteiger partial charge is 0.320 e. The van der Waals surface area contributed by atoms with Crippen LogP contribution in [0.4, 0.5) is 0 Å². The Balaban J connectivity index is 1.54. The Kier molecular flexibility index (Phi) is 8.60. The highest BCUT2D eigenvalue weighted by atomic mass is 15.1. The Morgan fingerprint density at radius 2 is 0.804 bits per heavy atom. The molecule has 0 aliphatic heterocycles. The van der Waals surface area contributed by atoms with Crippen molar-refractivity contribution in [1.82, 2.24) is 9.55 Å². The van der Waals surface area contributed by atoms with Gasteiger partial charge < -0.3 is 4.57 Å². The molecule has 0 amide bonds. The van der Waals surface area contributed by atoms with E-state index in [0.717, 1.165) is 56.2 Å². The highest BCUT2D eigenvalue weighted by Gasteiger charge is 2.19. The van der Waals surface area contributed by atoms with Crippen LogP contribution in [0.1, 0.15) is 39.3 Å². The van der Waals surface area contributed by atoms with Gasteiger partial charge in [0.15, 0.2) is 0 Å². The Morgan fingerprint density at radius 3 is 1.24 bits per heavy atom. The lowest BCUT2D eigenvalue weighted by Gasteiger charge is -2.14. The van der Waals surface area contributed by atoms with E-state index in [1.54, 1.807) is 0 Å². The van der Waals surface area contributed by atoms with Crippen LogP contribution in [0.25, 0.3) is 34.6 Å². The van der Waals surface area contributed by atoms with Gasteiger partial charge >= 0.3 is 0 Å². The third kappa shape index (κ3) is 6.43. The number of hydrogen-bond donors (Lipinski definition) is 0. The Bertz CT molecular complexity index is 1980. The first-order valence-electron chi connectivity index (χ1n) is 15.7. The van der Waals surface area contributed by atoms with Crippen molar-refractivity contribution in [2.75, 3.05) is 0 Å². The predicted octanol–water partition coefficient (Wildman–Crippen LogP) is 10.8. The number of imidazole rings is 1. The lowest BCUT2D eigenvalue weighted by molar-refractivity contribution is 0.780. The Morgan fingerprint density at radius 1 is 0.435 bits per heavy atom. The number of nitrogens with zero attached hydrogens (tertiary/aromatic N) is 2. The summed E-state index contributed by atoms with van der Waals surface area (Å²) in [4.78, 5) is 5.45. The van der Waals surface area contributed by atoms with Gasteiger partial charge in [-0.15, -0.1) is 0 Å². The second-order valence-electron chi connectivity index (χ2n) is 11.2. The van der Waals surface area contributed by atoms with Crippen molar-refractivity contribution < 1.29 is 0 Å². The van der Waals surface area contributed by atoms with Crippen LogP contribution in [0.15, 0.2) is 182 Å². The summed E-state index contributed by atoms with van der Waals surface area (Å²) in [5.74, 6) is 0.900. The summed E-state index contributed by atoms with van der Waals surface area (Å²) >= 11 is 0. The molecule has 0 aliphatic rings. The fourth-order valence-electron chi connectivity index (χ4n) is 5.88. The first kappa shape index (κ1) is 28.8. The monoisotopic (exact) mass is 590 g/mol. The molecule has 0 radical (unpaired) electrons. The van der Waals surface area contributed by atoms with Crippen LogP contribution in [0.3, 0.4) is 0 Å². The number of benzene rings is 6. The summed E-state index contributed by atoms with van der Waals surface area (Å²) in [6.07, 6.45) is 4.58. The lowest BCUT2D eigenvalue weighted by Crippen LogP contribution is -2.06. The molecular weight excluding hydrogens is 556 g/mol. The molecule has 2 nitrogen and oxygen atoms in total. The van der Waals surface area contributed by atoms with Crippen LogP contribution in [-0.4, -0.2) is 9.55 Å². The van der Waals surface area contributed by atoms with Gasteiger partial charge in [-0.05, 0) is 51.1 Å². The lowest BCUT2D eigenvalue weighted by atomic mass is 9.96. The second-order valence-corrected chi connectivity index (χ2v) is 11.2. The van der Waals surface area contributed by atoms with E-state index in [9.17, 15) is 0 Å². The molecular formula is C44H34N2. The van der Waals surface area contributed by atoms with Crippen molar-refractivity contribution >= 4 is 23.3 Å². The fourth-order valence-corrected chi connectivity index (χ4v) is 5.88. The van der Waals surface area contributed by atoms with E-state index < -0.39 is 0 Å². The van der Waals surface area contributed by atoms with Gasteiger partial charge in [0.05, 0.1) is 11.4 Å². The summed E-state index contributed by atoms with van der Waals surface area (Å²) in [6.45, 7) is 0.673. The van der Waals surface area contributed by atoms with Crippen LogP contribution < -0.4 is 0 Å². The van der Waals surface area contributed by atoms with Crippen LogP contribution >= 0.6 is 0 Å². The van der Waals surface area contributed by atoms with E-state index in [4.69, 9.17) is 4.98 Å². The summed E-state index contributed by atoms with van der Waals surface area (Å²) in [5, 5.41) is 0.